The maximum atomic E-state index is 8.41. The minimum Gasteiger partial charge on any atom is -0.376 e. The van der Waals surface area contributed by atoms with Gasteiger partial charge >= 0.3 is 0 Å². The van der Waals surface area contributed by atoms with Gasteiger partial charge in [-0.3, -0.25) is 5.32 Å². The number of hydrogen-bond acceptors (Lipinski definition) is 3. The van der Waals surface area contributed by atoms with Gasteiger partial charge in [0, 0.05) is 12.6 Å². The average Bonchev–Trinajstić information content (AvgIpc) is 2.83. The van der Waals surface area contributed by atoms with Gasteiger partial charge in [0.2, 0.25) is 0 Å². The van der Waals surface area contributed by atoms with Crippen LogP contribution in [0, 0.1) is 17.2 Å². The zero-order valence-corrected chi connectivity index (χ0v) is 7.12. The summed E-state index contributed by atoms with van der Waals surface area (Å²) in [6, 6.07) is 2.55. The predicted octanol–water partition coefficient (Wildman–Crippen LogP) is 0.667. The molecule has 0 radical (unpaired) electrons. The molecular weight excluding hydrogens is 152 g/mol. The molecule has 0 aromatic rings. The molecule has 0 bridgehead atoms. The Morgan fingerprint density at radius 1 is 1.42 bits per heavy atom. The second-order valence-corrected chi connectivity index (χ2v) is 3.61. The highest BCUT2D eigenvalue weighted by Crippen LogP contribution is 2.38. The van der Waals surface area contributed by atoms with Crippen LogP contribution in [0.25, 0.3) is 0 Å². The lowest BCUT2D eigenvalue weighted by Gasteiger charge is -2.17. The molecule has 1 saturated heterocycles. The Bertz CT molecular complexity index is 195. The van der Waals surface area contributed by atoms with Gasteiger partial charge in [0.15, 0.2) is 0 Å². The van der Waals surface area contributed by atoms with Crippen molar-refractivity contribution < 1.29 is 4.74 Å². The third-order valence-electron chi connectivity index (χ3n) is 2.67. The van der Waals surface area contributed by atoms with Crippen molar-refractivity contribution in [2.75, 3.05) is 13.2 Å². The summed E-state index contributed by atoms with van der Waals surface area (Å²) in [5, 5.41) is 11.6. The summed E-state index contributed by atoms with van der Waals surface area (Å²) in [6.45, 7) is 1.32. The first-order valence-electron chi connectivity index (χ1n) is 4.64. The van der Waals surface area contributed by atoms with Crippen LogP contribution in [-0.4, -0.2) is 25.3 Å². The number of nitrogens with one attached hydrogen (secondary N) is 1. The van der Waals surface area contributed by atoms with E-state index in [-0.39, 0.29) is 0 Å². The maximum Gasteiger partial charge on any atom is 0.0843 e. The lowest BCUT2D eigenvalue weighted by molar-refractivity contribution is 0.0819. The van der Waals surface area contributed by atoms with Crippen molar-refractivity contribution in [1.82, 2.24) is 5.32 Å². The second kappa shape index (κ2) is 3.42. The first-order chi connectivity index (χ1) is 5.92. The van der Waals surface area contributed by atoms with Crippen molar-refractivity contribution in [2.24, 2.45) is 5.92 Å². The molecule has 0 spiro atoms. The van der Waals surface area contributed by atoms with Gasteiger partial charge in [0.25, 0.3) is 0 Å². The fourth-order valence-electron chi connectivity index (χ4n) is 1.90. The zero-order chi connectivity index (χ0) is 8.39. The van der Waals surface area contributed by atoms with E-state index < -0.39 is 0 Å². The van der Waals surface area contributed by atoms with E-state index in [9.17, 15) is 0 Å². The van der Waals surface area contributed by atoms with Gasteiger partial charge in [0.1, 0.15) is 0 Å². The highest BCUT2D eigenvalue weighted by Gasteiger charge is 2.40. The van der Waals surface area contributed by atoms with E-state index in [1.54, 1.807) is 0 Å². The fraction of sp³-hybridized carbons (Fsp3) is 0.889. The number of nitriles is 1. The van der Waals surface area contributed by atoms with E-state index in [1.165, 1.54) is 12.8 Å². The molecule has 3 nitrogen and oxygen atoms in total. The van der Waals surface area contributed by atoms with Gasteiger partial charge in [-0.25, -0.2) is 0 Å². The van der Waals surface area contributed by atoms with Crippen molar-refractivity contribution in [3.63, 3.8) is 0 Å². The smallest absolute Gasteiger partial charge is 0.0843 e. The van der Waals surface area contributed by atoms with Crippen molar-refractivity contribution in [3.05, 3.63) is 0 Å². The molecular formula is C9H14N2O. The summed E-state index contributed by atoms with van der Waals surface area (Å²) in [6.07, 6.45) is 4.10. The molecule has 0 amide bonds. The van der Waals surface area contributed by atoms with Crippen LogP contribution in [0.1, 0.15) is 19.3 Å². The Hall–Kier alpha value is -0.590. The van der Waals surface area contributed by atoms with Crippen LogP contribution in [0.3, 0.4) is 0 Å². The lowest BCUT2D eigenvalue weighted by Crippen LogP contribution is -2.37. The SMILES string of the molecule is N#CCNC1CCOC1C1CC1. The van der Waals surface area contributed by atoms with E-state index >= 15 is 0 Å². The Balaban J connectivity index is 1.82. The molecule has 2 aliphatic rings. The van der Waals surface area contributed by atoms with E-state index in [4.69, 9.17) is 10.00 Å². The average molecular weight is 166 g/mol. The summed E-state index contributed by atoms with van der Waals surface area (Å²) in [5.41, 5.74) is 0. The van der Waals surface area contributed by atoms with Gasteiger partial charge in [-0.15, -0.1) is 0 Å². The highest BCUT2D eigenvalue weighted by molar-refractivity contribution is 4.94. The molecule has 2 unspecified atom stereocenters. The van der Waals surface area contributed by atoms with E-state index in [2.05, 4.69) is 11.4 Å². The van der Waals surface area contributed by atoms with Crippen molar-refractivity contribution in [2.45, 2.75) is 31.4 Å². The predicted molar refractivity (Wildman–Crippen MR) is 44.5 cm³/mol. The van der Waals surface area contributed by atoms with Crippen molar-refractivity contribution in [3.8, 4) is 6.07 Å². The molecule has 66 valence electrons. The minimum absolute atomic E-state index is 0.401. The standard InChI is InChI=1S/C9H14N2O/c10-4-5-11-8-3-6-12-9(8)7-1-2-7/h7-9,11H,1-3,5-6H2. The normalized spacial score (nSPS) is 34.9. The third kappa shape index (κ3) is 1.60. The van der Waals surface area contributed by atoms with Crippen LogP contribution in [0.4, 0.5) is 0 Å². The number of nitrogens with zero attached hydrogens (tertiary/aromatic N) is 1. The Kier molecular flexibility index (Phi) is 2.29. The molecule has 3 heteroatoms. The Labute approximate surface area is 72.7 Å². The summed E-state index contributed by atoms with van der Waals surface area (Å²) >= 11 is 0. The lowest BCUT2D eigenvalue weighted by atomic mass is 10.1. The molecule has 2 atom stereocenters. The molecule has 2 fully saturated rings. The van der Waals surface area contributed by atoms with Crippen LogP contribution in [0.2, 0.25) is 0 Å². The van der Waals surface area contributed by atoms with Crippen molar-refractivity contribution >= 4 is 0 Å². The molecule has 12 heavy (non-hydrogen) atoms. The first-order valence-corrected chi connectivity index (χ1v) is 4.64. The van der Waals surface area contributed by atoms with Crippen LogP contribution in [-0.2, 0) is 4.74 Å². The summed E-state index contributed by atoms with van der Waals surface area (Å²) in [5.74, 6) is 0.781. The van der Waals surface area contributed by atoms with Gasteiger partial charge in [-0.1, -0.05) is 0 Å². The monoisotopic (exact) mass is 166 g/mol. The van der Waals surface area contributed by atoms with E-state index in [0.29, 0.717) is 18.7 Å². The third-order valence-corrected chi connectivity index (χ3v) is 2.67. The van der Waals surface area contributed by atoms with Gasteiger partial charge in [-0.2, -0.15) is 5.26 Å². The van der Waals surface area contributed by atoms with E-state index in [1.807, 2.05) is 0 Å². The molecule has 1 N–H and O–H groups in total. The molecule has 1 heterocycles. The highest BCUT2D eigenvalue weighted by atomic mass is 16.5. The van der Waals surface area contributed by atoms with Crippen LogP contribution in [0.5, 0.6) is 0 Å². The molecule has 0 aromatic carbocycles. The van der Waals surface area contributed by atoms with Crippen molar-refractivity contribution in [1.29, 1.82) is 5.26 Å². The molecule has 1 aliphatic heterocycles. The largest absolute Gasteiger partial charge is 0.376 e. The maximum absolute atomic E-state index is 8.41. The van der Waals surface area contributed by atoms with E-state index in [0.717, 1.165) is 18.9 Å². The quantitative estimate of drug-likeness (QED) is 0.627. The van der Waals surface area contributed by atoms with Crippen LogP contribution < -0.4 is 5.32 Å². The topological polar surface area (TPSA) is 45.0 Å². The van der Waals surface area contributed by atoms with Gasteiger partial charge in [-0.05, 0) is 25.2 Å². The molecule has 2 rings (SSSR count). The summed E-state index contributed by atoms with van der Waals surface area (Å²) in [7, 11) is 0. The van der Waals surface area contributed by atoms with Crippen LogP contribution >= 0.6 is 0 Å². The summed E-state index contributed by atoms with van der Waals surface area (Å²) < 4.78 is 5.61. The Morgan fingerprint density at radius 3 is 2.92 bits per heavy atom. The molecule has 1 saturated carbocycles. The van der Waals surface area contributed by atoms with Crippen LogP contribution in [0.15, 0.2) is 0 Å². The number of hydrogen-bond donors (Lipinski definition) is 1. The molecule has 0 aromatic heterocycles. The number of ether oxygens (including phenoxy) is 1. The Morgan fingerprint density at radius 2 is 2.25 bits per heavy atom. The minimum atomic E-state index is 0.401. The van der Waals surface area contributed by atoms with Gasteiger partial charge < -0.3 is 4.74 Å². The fourth-order valence-corrected chi connectivity index (χ4v) is 1.90. The molecule has 1 aliphatic carbocycles. The number of rotatable bonds is 3. The summed E-state index contributed by atoms with van der Waals surface area (Å²) in [4.78, 5) is 0. The first kappa shape index (κ1) is 8.03. The zero-order valence-electron chi connectivity index (χ0n) is 7.12. The second-order valence-electron chi connectivity index (χ2n) is 3.61. The van der Waals surface area contributed by atoms with Gasteiger partial charge in [0.05, 0.1) is 18.7 Å².